The van der Waals surface area contributed by atoms with Crippen LogP contribution >= 0.6 is 0 Å². The molecule has 10 nitrogen and oxygen atoms in total. The van der Waals surface area contributed by atoms with E-state index in [1.165, 1.54) is 18.6 Å². The van der Waals surface area contributed by atoms with Crippen molar-refractivity contribution in [1.82, 2.24) is 9.97 Å². The van der Waals surface area contributed by atoms with Crippen LogP contribution in [0.5, 0.6) is 0 Å². The lowest BCUT2D eigenvalue weighted by molar-refractivity contribution is -0.605. The molecule has 1 aliphatic carbocycles. The number of hydrogen-bond donors (Lipinski definition) is 3. The topological polar surface area (TPSA) is 146 Å². The van der Waals surface area contributed by atoms with Crippen LogP contribution in [-0.2, 0) is 6.54 Å². The van der Waals surface area contributed by atoms with Crippen LogP contribution in [0.1, 0.15) is 31.2 Å². The molecule has 27 heavy (non-hydrogen) atoms. The first-order valence-electron chi connectivity index (χ1n) is 8.93. The van der Waals surface area contributed by atoms with Gasteiger partial charge in [0.05, 0.1) is 4.92 Å². The SMILES string of the molecule is NC1CCC(CNc2nc(NCc3ccc[n+]([O-])c3)ncc2[N+](=O)[O-])CC1. The lowest BCUT2D eigenvalue weighted by Gasteiger charge is -2.26. The quantitative estimate of drug-likeness (QED) is 0.287. The van der Waals surface area contributed by atoms with Crippen LogP contribution in [0, 0.1) is 21.2 Å². The predicted octanol–water partition coefficient (Wildman–Crippen LogP) is 1.56. The van der Waals surface area contributed by atoms with Gasteiger partial charge in [0.25, 0.3) is 0 Å². The van der Waals surface area contributed by atoms with E-state index in [9.17, 15) is 15.3 Å². The average molecular weight is 373 g/mol. The predicted molar refractivity (Wildman–Crippen MR) is 99.8 cm³/mol. The molecule has 0 aliphatic heterocycles. The highest BCUT2D eigenvalue weighted by atomic mass is 16.6. The molecule has 144 valence electrons. The second kappa shape index (κ2) is 8.58. The Balaban J connectivity index is 1.65. The molecule has 0 spiro atoms. The van der Waals surface area contributed by atoms with Crippen molar-refractivity contribution in [1.29, 1.82) is 0 Å². The summed E-state index contributed by atoms with van der Waals surface area (Å²) >= 11 is 0. The molecule has 0 aromatic carbocycles. The van der Waals surface area contributed by atoms with Crippen molar-refractivity contribution in [3.8, 4) is 0 Å². The van der Waals surface area contributed by atoms with Crippen molar-refractivity contribution in [3.63, 3.8) is 0 Å². The molecule has 2 aromatic heterocycles. The number of nitrogens with one attached hydrogen (secondary N) is 2. The van der Waals surface area contributed by atoms with E-state index in [2.05, 4.69) is 20.6 Å². The van der Waals surface area contributed by atoms with Gasteiger partial charge in [0.15, 0.2) is 12.4 Å². The summed E-state index contributed by atoms with van der Waals surface area (Å²) in [6, 6.07) is 3.69. The number of nitrogens with zero attached hydrogens (tertiary/aromatic N) is 4. The molecule has 1 fully saturated rings. The first-order chi connectivity index (χ1) is 13.0. The van der Waals surface area contributed by atoms with Gasteiger partial charge < -0.3 is 21.6 Å². The maximum atomic E-state index is 11.3. The third kappa shape index (κ3) is 5.23. The zero-order valence-corrected chi connectivity index (χ0v) is 14.9. The van der Waals surface area contributed by atoms with E-state index in [4.69, 9.17) is 5.73 Å². The van der Waals surface area contributed by atoms with E-state index >= 15 is 0 Å². The fourth-order valence-corrected chi connectivity index (χ4v) is 3.14. The molecule has 1 aliphatic rings. The minimum Gasteiger partial charge on any atom is -0.619 e. The van der Waals surface area contributed by atoms with Crippen molar-refractivity contribution < 1.29 is 9.65 Å². The second-order valence-electron chi connectivity index (χ2n) is 6.77. The van der Waals surface area contributed by atoms with E-state index in [-0.39, 0.29) is 23.5 Å². The Bertz CT molecular complexity index is 794. The summed E-state index contributed by atoms with van der Waals surface area (Å²) in [7, 11) is 0. The number of nitro groups is 1. The zero-order chi connectivity index (χ0) is 19.2. The van der Waals surface area contributed by atoms with Crippen molar-refractivity contribution in [3.05, 3.63) is 51.6 Å². The normalized spacial score (nSPS) is 19.4. The van der Waals surface area contributed by atoms with Gasteiger partial charge in [-0.25, -0.2) is 4.98 Å². The average Bonchev–Trinajstić information content (AvgIpc) is 2.66. The molecule has 0 saturated heterocycles. The lowest BCUT2D eigenvalue weighted by Crippen LogP contribution is -2.29. The largest absolute Gasteiger partial charge is 0.619 e. The molecular formula is C17H23N7O3. The van der Waals surface area contributed by atoms with E-state index in [0.717, 1.165) is 31.2 Å². The van der Waals surface area contributed by atoms with Gasteiger partial charge in [0.1, 0.15) is 6.20 Å². The molecule has 10 heteroatoms. The fourth-order valence-electron chi connectivity index (χ4n) is 3.14. The number of anilines is 2. The first-order valence-corrected chi connectivity index (χ1v) is 8.93. The molecule has 3 rings (SSSR count). The smallest absolute Gasteiger partial charge is 0.329 e. The molecule has 4 N–H and O–H groups in total. The van der Waals surface area contributed by atoms with E-state index in [0.29, 0.717) is 23.7 Å². The number of nitrogens with two attached hydrogens (primary N) is 1. The summed E-state index contributed by atoms with van der Waals surface area (Å²) in [6.45, 7) is 0.944. The molecule has 0 unspecified atom stereocenters. The first kappa shape index (κ1) is 18.8. The zero-order valence-electron chi connectivity index (χ0n) is 14.9. The summed E-state index contributed by atoms with van der Waals surface area (Å²) < 4.78 is 0.705. The number of pyridine rings is 1. The van der Waals surface area contributed by atoms with Crippen molar-refractivity contribution in [2.24, 2.45) is 11.7 Å². The van der Waals surface area contributed by atoms with Crippen molar-refractivity contribution in [2.75, 3.05) is 17.2 Å². The maximum Gasteiger partial charge on any atom is 0.329 e. The van der Waals surface area contributed by atoms with Gasteiger partial charge in [-0.1, -0.05) is 0 Å². The Morgan fingerprint density at radius 1 is 1.30 bits per heavy atom. The van der Waals surface area contributed by atoms with E-state index in [1.807, 2.05) is 0 Å². The van der Waals surface area contributed by atoms with Crippen LogP contribution in [-0.4, -0.2) is 27.5 Å². The molecule has 0 bridgehead atoms. The highest BCUT2D eigenvalue weighted by Gasteiger charge is 2.21. The van der Waals surface area contributed by atoms with Crippen LogP contribution < -0.4 is 21.1 Å². The van der Waals surface area contributed by atoms with Gasteiger partial charge in [-0.3, -0.25) is 10.1 Å². The van der Waals surface area contributed by atoms with Gasteiger partial charge in [0.2, 0.25) is 11.8 Å². The molecular weight excluding hydrogens is 350 g/mol. The second-order valence-corrected chi connectivity index (χ2v) is 6.77. The maximum absolute atomic E-state index is 11.3. The monoisotopic (exact) mass is 373 g/mol. The lowest BCUT2D eigenvalue weighted by atomic mass is 9.86. The molecule has 0 radical (unpaired) electrons. The number of hydrogen-bond acceptors (Lipinski definition) is 8. The fraction of sp³-hybridized carbons (Fsp3) is 0.471. The molecule has 2 heterocycles. The molecule has 2 aromatic rings. The van der Waals surface area contributed by atoms with Crippen LogP contribution in [0.4, 0.5) is 17.5 Å². The van der Waals surface area contributed by atoms with Gasteiger partial charge in [-0.2, -0.15) is 9.71 Å². The summed E-state index contributed by atoms with van der Waals surface area (Å²) in [4.78, 5) is 19.0. The van der Waals surface area contributed by atoms with Crippen LogP contribution in [0.25, 0.3) is 0 Å². The van der Waals surface area contributed by atoms with Crippen LogP contribution in [0.3, 0.4) is 0 Å². The van der Waals surface area contributed by atoms with E-state index in [1.54, 1.807) is 12.1 Å². The third-order valence-corrected chi connectivity index (χ3v) is 4.70. The summed E-state index contributed by atoms with van der Waals surface area (Å²) in [5.41, 5.74) is 6.51. The Labute approximate surface area is 156 Å². The number of aromatic nitrogens is 3. The Morgan fingerprint density at radius 3 is 2.78 bits per heavy atom. The number of rotatable bonds is 7. The van der Waals surface area contributed by atoms with Crippen molar-refractivity contribution in [2.45, 2.75) is 38.3 Å². The Kier molecular flexibility index (Phi) is 5.97. The van der Waals surface area contributed by atoms with Gasteiger partial charge >= 0.3 is 5.69 Å². The standard InChI is InChI=1S/C17H23N7O3/c18-14-5-3-12(4-6-14)8-19-16-15(24(26)27)10-21-17(22-16)20-9-13-2-1-7-23(25)11-13/h1-2,7,10-12,14H,3-6,8-9,18H2,(H2,19,20,21,22). The minimum absolute atomic E-state index is 0.162. The third-order valence-electron chi connectivity index (χ3n) is 4.70. The van der Waals surface area contributed by atoms with Crippen LogP contribution in [0.2, 0.25) is 0 Å². The molecule has 0 amide bonds. The molecule has 0 atom stereocenters. The van der Waals surface area contributed by atoms with Crippen LogP contribution in [0.15, 0.2) is 30.7 Å². The Hall–Kier alpha value is -3.01. The summed E-state index contributed by atoms with van der Waals surface area (Å²) in [5.74, 6) is 0.877. The molecule has 1 saturated carbocycles. The summed E-state index contributed by atoms with van der Waals surface area (Å²) in [5, 5.41) is 28.6. The van der Waals surface area contributed by atoms with E-state index < -0.39 is 4.92 Å². The van der Waals surface area contributed by atoms with Gasteiger partial charge in [-0.05, 0) is 37.7 Å². The summed E-state index contributed by atoms with van der Waals surface area (Å²) in [6.07, 6.45) is 7.97. The van der Waals surface area contributed by atoms with Gasteiger partial charge in [-0.15, -0.1) is 0 Å². The highest BCUT2D eigenvalue weighted by molar-refractivity contribution is 5.57. The Morgan fingerprint density at radius 2 is 2.07 bits per heavy atom. The minimum atomic E-state index is -0.500. The van der Waals surface area contributed by atoms with Crippen molar-refractivity contribution >= 4 is 17.5 Å². The highest BCUT2D eigenvalue weighted by Crippen LogP contribution is 2.26. The van der Waals surface area contributed by atoms with Gasteiger partial charge in [0, 0.05) is 30.8 Å².